The Kier molecular flexibility index (Phi) is 7.73. The summed E-state index contributed by atoms with van der Waals surface area (Å²) >= 11 is 2.13. The van der Waals surface area contributed by atoms with E-state index in [0.29, 0.717) is 17.6 Å². The lowest BCUT2D eigenvalue weighted by atomic mass is 9.91. The van der Waals surface area contributed by atoms with Crippen molar-refractivity contribution in [1.29, 1.82) is 0 Å². The molecule has 4 rings (SSSR count). The fourth-order valence-electron chi connectivity index (χ4n) is 5.04. The molecule has 0 aromatic rings. The molecule has 3 aliphatic heterocycles. The first-order chi connectivity index (χ1) is 11.9. The van der Waals surface area contributed by atoms with Crippen molar-refractivity contribution in [3.8, 4) is 0 Å². The molecule has 4 unspecified atom stereocenters. The highest BCUT2D eigenvalue weighted by atomic mass is 35.5. The molecule has 1 saturated carbocycles. The van der Waals surface area contributed by atoms with E-state index in [1.807, 2.05) is 0 Å². The largest absolute Gasteiger partial charge is 0.379 e. The topological polar surface area (TPSA) is 45.8 Å². The summed E-state index contributed by atoms with van der Waals surface area (Å²) in [5.41, 5.74) is 0.359. The molecule has 146 valence electrons. The van der Waals surface area contributed by atoms with Crippen LogP contribution in [0.4, 0.5) is 0 Å². The van der Waals surface area contributed by atoms with Crippen LogP contribution in [0, 0.1) is 5.92 Å². The van der Waals surface area contributed by atoms with Gasteiger partial charge in [-0.05, 0) is 30.9 Å². The first-order valence-electron chi connectivity index (χ1n) is 9.82. The Hall–Kier alpha value is 0.440. The summed E-state index contributed by atoms with van der Waals surface area (Å²) in [4.78, 5) is 2.72. The highest BCUT2D eigenvalue weighted by Gasteiger charge is 2.42. The smallest absolute Gasteiger partial charge is 0.0623 e. The normalized spacial score (nSPS) is 40.1. The molecule has 1 aliphatic carbocycles. The minimum Gasteiger partial charge on any atom is -0.379 e. The molecule has 0 bridgehead atoms. The summed E-state index contributed by atoms with van der Waals surface area (Å²) < 4.78 is 11.3. The van der Waals surface area contributed by atoms with E-state index in [2.05, 4.69) is 27.3 Å². The first kappa shape index (κ1) is 20.2. The van der Waals surface area contributed by atoms with Crippen molar-refractivity contribution in [1.82, 2.24) is 15.5 Å². The predicted octanol–water partition coefficient (Wildman–Crippen LogP) is 1.36. The maximum Gasteiger partial charge on any atom is 0.0623 e. The van der Waals surface area contributed by atoms with Crippen LogP contribution in [0.5, 0.6) is 0 Å². The van der Waals surface area contributed by atoms with Gasteiger partial charge in [-0.25, -0.2) is 0 Å². The van der Waals surface area contributed by atoms with Gasteiger partial charge < -0.3 is 20.1 Å². The average Bonchev–Trinajstić information content (AvgIpc) is 3.32. The Morgan fingerprint density at radius 3 is 2.76 bits per heavy atom. The quantitative estimate of drug-likeness (QED) is 0.738. The summed E-state index contributed by atoms with van der Waals surface area (Å²) in [5.74, 6) is 3.33. The van der Waals surface area contributed by atoms with E-state index < -0.39 is 0 Å². The van der Waals surface area contributed by atoms with Gasteiger partial charge in [0.2, 0.25) is 0 Å². The lowest BCUT2D eigenvalue weighted by Crippen LogP contribution is -2.60. The van der Waals surface area contributed by atoms with E-state index in [9.17, 15) is 0 Å². The third-order valence-electron chi connectivity index (χ3n) is 6.49. The van der Waals surface area contributed by atoms with E-state index >= 15 is 0 Å². The summed E-state index contributed by atoms with van der Waals surface area (Å²) in [7, 11) is 0. The second-order valence-corrected chi connectivity index (χ2v) is 8.95. The molecule has 0 aromatic carbocycles. The summed E-state index contributed by atoms with van der Waals surface area (Å²) in [6.07, 6.45) is 5.36. The van der Waals surface area contributed by atoms with Crippen LogP contribution in [0.2, 0.25) is 0 Å². The van der Waals surface area contributed by atoms with Crippen molar-refractivity contribution in [3.05, 3.63) is 0 Å². The van der Waals surface area contributed by atoms with E-state index in [1.165, 1.54) is 37.2 Å². The van der Waals surface area contributed by atoms with Gasteiger partial charge in [0.05, 0.1) is 26.4 Å². The molecule has 4 atom stereocenters. The van der Waals surface area contributed by atoms with Crippen LogP contribution in [-0.4, -0.2) is 86.6 Å². The Morgan fingerprint density at radius 2 is 2.04 bits per heavy atom. The second kappa shape index (κ2) is 9.58. The molecule has 4 aliphatic rings. The molecule has 2 N–H and O–H groups in total. The Bertz CT molecular complexity index is 400. The monoisotopic (exact) mass is 391 g/mol. The molecule has 4 fully saturated rings. The van der Waals surface area contributed by atoms with Crippen molar-refractivity contribution >= 4 is 24.2 Å². The van der Waals surface area contributed by atoms with Crippen molar-refractivity contribution in [2.45, 2.75) is 43.3 Å². The Morgan fingerprint density at radius 1 is 1.16 bits per heavy atom. The highest BCUT2D eigenvalue weighted by Crippen LogP contribution is 2.35. The summed E-state index contributed by atoms with van der Waals surface area (Å²) in [6, 6.07) is 1.21. The van der Waals surface area contributed by atoms with E-state index in [-0.39, 0.29) is 12.4 Å². The number of ether oxygens (including phenoxy) is 2. The van der Waals surface area contributed by atoms with Gasteiger partial charge in [0.1, 0.15) is 0 Å². The van der Waals surface area contributed by atoms with Crippen LogP contribution in [0.3, 0.4) is 0 Å². The molecule has 5 nitrogen and oxygen atoms in total. The number of nitrogens with one attached hydrogen (secondary N) is 2. The van der Waals surface area contributed by atoms with Gasteiger partial charge in [-0.15, -0.1) is 12.4 Å². The zero-order valence-corrected chi connectivity index (χ0v) is 16.8. The molecule has 3 heterocycles. The van der Waals surface area contributed by atoms with E-state index in [4.69, 9.17) is 9.47 Å². The molecule has 0 aromatic heterocycles. The Labute approximate surface area is 162 Å². The van der Waals surface area contributed by atoms with Crippen LogP contribution in [0.1, 0.15) is 25.7 Å². The van der Waals surface area contributed by atoms with E-state index in [0.717, 1.165) is 58.5 Å². The molecule has 7 heteroatoms. The van der Waals surface area contributed by atoms with Crippen LogP contribution in [0.25, 0.3) is 0 Å². The van der Waals surface area contributed by atoms with Gasteiger partial charge in [0, 0.05) is 49.6 Å². The number of thioether (sulfide) groups is 1. The molecule has 0 amide bonds. The predicted molar refractivity (Wildman–Crippen MR) is 106 cm³/mol. The van der Waals surface area contributed by atoms with Crippen molar-refractivity contribution in [3.63, 3.8) is 0 Å². The number of nitrogens with zero attached hydrogens (tertiary/aromatic N) is 1. The van der Waals surface area contributed by atoms with E-state index in [1.54, 1.807) is 0 Å². The molecule has 0 radical (unpaired) electrons. The lowest BCUT2D eigenvalue weighted by molar-refractivity contribution is -0.0151. The zero-order chi connectivity index (χ0) is 16.2. The highest BCUT2D eigenvalue weighted by molar-refractivity contribution is 7.99. The number of hydrogen-bond acceptors (Lipinski definition) is 6. The number of rotatable bonds is 5. The first-order valence-corrected chi connectivity index (χ1v) is 11.0. The van der Waals surface area contributed by atoms with Gasteiger partial charge in [0.25, 0.3) is 0 Å². The van der Waals surface area contributed by atoms with Gasteiger partial charge >= 0.3 is 0 Å². The molecule has 0 spiro atoms. The maximum atomic E-state index is 5.72. The third-order valence-corrected chi connectivity index (χ3v) is 7.73. The molecule has 3 saturated heterocycles. The minimum atomic E-state index is 0. The standard InChI is InChI=1S/C18H33N3O2S.ClH/c1-2-15(17-12-23-8-5-19-17)16(3-1)20-13-18(4-11-24-14-18)21-6-9-22-10-7-21;/h15-17,19-20H,1-14H2;1H. The number of halogens is 1. The van der Waals surface area contributed by atoms with Gasteiger partial charge in [0.15, 0.2) is 0 Å². The molecular formula is C18H34ClN3O2S. The van der Waals surface area contributed by atoms with Gasteiger partial charge in [-0.3, -0.25) is 4.90 Å². The van der Waals surface area contributed by atoms with Gasteiger partial charge in [-0.1, -0.05) is 6.42 Å². The van der Waals surface area contributed by atoms with Crippen LogP contribution >= 0.6 is 24.2 Å². The number of morpholine rings is 2. The molecule has 25 heavy (non-hydrogen) atoms. The third kappa shape index (κ3) is 4.65. The lowest BCUT2D eigenvalue weighted by Gasteiger charge is -2.44. The number of hydrogen-bond donors (Lipinski definition) is 2. The minimum absolute atomic E-state index is 0. The Balaban J connectivity index is 0.00000182. The fourth-order valence-corrected chi connectivity index (χ4v) is 6.52. The SMILES string of the molecule is C1CC(NCC2(N3CCOCC3)CCSC2)C(C2COCCN2)C1.Cl. The van der Waals surface area contributed by atoms with Crippen molar-refractivity contribution in [2.24, 2.45) is 5.92 Å². The zero-order valence-electron chi connectivity index (χ0n) is 15.2. The molecular weight excluding hydrogens is 358 g/mol. The van der Waals surface area contributed by atoms with Crippen LogP contribution in [-0.2, 0) is 9.47 Å². The summed E-state index contributed by atoms with van der Waals surface area (Å²) in [5, 5.41) is 7.71. The van der Waals surface area contributed by atoms with Gasteiger partial charge in [-0.2, -0.15) is 11.8 Å². The van der Waals surface area contributed by atoms with Crippen molar-refractivity contribution in [2.75, 3.05) is 64.1 Å². The average molecular weight is 392 g/mol. The van der Waals surface area contributed by atoms with Crippen LogP contribution < -0.4 is 10.6 Å². The summed E-state index contributed by atoms with van der Waals surface area (Å²) in [6.45, 7) is 7.95. The second-order valence-electron chi connectivity index (χ2n) is 7.84. The fraction of sp³-hybridized carbons (Fsp3) is 1.00. The van der Waals surface area contributed by atoms with Crippen LogP contribution in [0.15, 0.2) is 0 Å². The van der Waals surface area contributed by atoms with Crippen molar-refractivity contribution < 1.29 is 9.47 Å². The maximum absolute atomic E-state index is 5.72.